The highest BCUT2D eigenvalue weighted by Crippen LogP contribution is 2.62. The molecule has 1 unspecified atom stereocenters. The van der Waals surface area contributed by atoms with Gasteiger partial charge in [0.2, 0.25) is 0 Å². The van der Waals surface area contributed by atoms with Gasteiger partial charge in [0.1, 0.15) is 0 Å². The molecule has 0 fully saturated rings. The molecule has 2 heterocycles. The minimum Gasteiger partial charge on any atom is -0.236 e. The summed E-state index contributed by atoms with van der Waals surface area (Å²) in [7, 11) is 0. The van der Waals surface area contributed by atoms with E-state index in [2.05, 4.69) is 147 Å². The van der Waals surface area contributed by atoms with Crippen molar-refractivity contribution >= 4 is 12.2 Å². The van der Waals surface area contributed by atoms with E-state index in [1.165, 1.54) is 66.8 Å². The van der Waals surface area contributed by atoms with Crippen molar-refractivity contribution in [2.24, 2.45) is 0 Å². The molecule has 7 aromatic carbocycles. The van der Waals surface area contributed by atoms with Crippen molar-refractivity contribution in [2.45, 2.75) is 24.7 Å². The normalized spacial score (nSPS) is 16.0. The van der Waals surface area contributed by atoms with Crippen LogP contribution >= 0.6 is 0 Å². The molecule has 282 valence electrons. The molecule has 0 bridgehead atoms. The smallest absolute Gasteiger partial charge is 0.160 e. The molecule has 3 aliphatic carbocycles. The zero-order valence-corrected chi connectivity index (χ0v) is 33.3. The average molecular weight is 767 g/mol. The minimum absolute atomic E-state index is 0.117. The van der Waals surface area contributed by atoms with Crippen molar-refractivity contribution in [1.82, 2.24) is 19.9 Å². The van der Waals surface area contributed by atoms with Gasteiger partial charge < -0.3 is 0 Å². The van der Waals surface area contributed by atoms with E-state index in [0.29, 0.717) is 11.6 Å². The lowest BCUT2D eigenvalue weighted by atomic mass is 9.65. The Balaban J connectivity index is 1.11. The summed E-state index contributed by atoms with van der Waals surface area (Å²) in [6.07, 6.45) is 8.33. The lowest BCUT2D eigenvalue weighted by molar-refractivity contribution is 0.660. The summed E-state index contributed by atoms with van der Waals surface area (Å²) >= 11 is 0. The van der Waals surface area contributed by atoms with Crippen LogP contribution in [0.4, 0.5) is 0 Å². The Labute approximate surface area is 349 Å². The van der Waals surface area contributed by atoms with Crippen LogP contribution in [0.3, 0.4) is 0 Å². The van der Waals surface area contributed by atoms with Gasteiger partial charge in [-0.05, 0) is 91.0 Å². The van der Waals surface area contributed by atoms with Gasteiger partial charge >= 0.3 is 0 Å². The molecule has 12 rings (SSSR count). The molecule has 0 N–H and O–H groups in total. The second kappa shape index (κ2) is 13.0. The molecular weight excluding hydrogens is 729 g/mol. The van der Waals surface area contributed by atoms with Gasteiger partial charge in [-0.15, -0.1) is 0 Å². The van der Waals surface area contributed by atoms with E-state index in [1.54, 1.807) is 0 Å². The van der Waals surface area contributed by atoms with Gasteiger partial charge in [-0.1, -0.05) is 172 Å². The van der Waals surface area contributed by atoms with Crippen molar-refractivity contribution in [3.63, 3.8) is 0 Å². The molecule has 1 spiro atoms. The molecule has 0 aliphatic heterocycles. The minimum atomic E-state index is -0.604. The third-order valence-corrected chi connectivity index (χ3v) is 13.0. The summed E-state index contributed by atoms with van der Waals surface area (Å²) in [6.45, 7) is 4.74. The largest absolute Gasteiger partial charge is 0.236 e. The molecule has 9 aromatic rings. The fourth-order valence-corrected chi connectivity index (χ4v) is 10.2. The molecule has 0 saturated heterocycles. The number of hydrogen-bond acceptors (Lipinski definition) is 4. The monoisotopic (exact) mass is 766 g/mol. The first kappa shape index (κ1) is 34.5. The molecular formula is C56H38N4. The van der Waals surface area contributed by atoms with E-state index in [1.807, 2.05) is 60.9 Å². The standard InChI is InChI=1S/C56H38N4/c1-55(2)46-23-13-10-20-41(46)43-31-50-44(30-49(43)55)42-21-11-14-24-47(42)56(50)45-22-12-9-15-35(45)25-26-36-27-28-39(29-48(36)56)51-32-52(60-54(59-51)38-18-7-4-8-19-38)40-33-57-53(58-34-40)37-16-5-3-6-17-37/h3-34H,1-2H3. The van der Waals surface area contributed by atoms with Gasteiger partial charge in [0.15, 0.2) is 11.6 Å². The fraction of sp³-hybridized carbons (Fsp3) is 0.0714. The molecule has 60 heavy (non-hydrogen) atoms. The van der Waals surface area contributed by atoms with Gasteiger partial charge in [0, 0.05) is 40.1 Å². The van der Waals surface area contributed by atoms with Crippen molar-refractivity contribution in [3.8, 4) is 67.5 Å². The molecule has 4 nitrogen and oxygen atoms in total. The van der Waals surface area contributed by atoms with Crippen LogP contribution in [0, 0.1) is 0 Å². The predicted molar refractivity (Wildman–Crippen MR) is 243 cm³/mol. The zero-order chi connectivity index (χ0) is 40.0. The Bertz CT molecular complexity index is 3220. The highest BCUT2D eigenvalue weighted by molar-refractivity contribution is 5.95. The van der Waals surface area contributed by atoms with Gasteiger partial charge in [-0.3, -0.25) is 0 Å². The Morgan fingerprint density at radius 1 is 0.350 bits per heavy atom. The Kier molecular flexibility index (Phi) is 7.45. The summed E-state index contributed by atoms with van der Waals surface area (Å²) in [6, 6.07) is 61.3. The number of hydrogen-bond donors (Lipinski definition) is 0. The van der Waals surface area contributed by atoms with E-state index in [0.717, 1.165) is 33.6 Å². The highest BCUT2D eigenvalue weighted by Gasteiger charge is 2.50. The van der Waals surface area contributed by atoms with E-state index in [9.17, 15) is 0 Å². The van der Waals surface area contributed by atoms with Crippen LogP contribution in [0.15, 0.2) is 182 Å². The Morgan fingerprint density at radius 2 is 0.883 bits per heavy atom. The first-order chi connectivity index (χ1) is 29.5. The number of nitrogens with zero attached hydrogens (tertiary/aromatic N) is 4. The van der Waals surface area contributed by atoms with Crippen LogP contribution in [-0.4, -0.2) is 19.9 Å². The lowest BCUT2D eigenvalue weighted by Crippen LogP contribution is -2.30. The van der Waals surface area contributed by atoms with Crippen molar-refractivity contribution < 1.29 is 0 Å². The molecule has 3 aliphatic rings. The SMILES string of the molecule is CC1(C)c2ccccc2-c2cc3c(cc21)-c1ccccc1C31c2ccccc2C=Cc2ccc(-c3cc(-c4cnc(-c5ccccc5)nc4)nc(-c4ccccc4)n3)cc21. The first-order valence-electron chi connectivity index (χ1n) is 20.6. The average Bonchev–Trinajstić information content (AvgIpc) is 3.66. The van der Waals surface area contributed by atoms with Gasteiger partial charge in [0.05, 0.1) is 16.8 Å². The summed E-state index contributed by atoms with van der Waals surface area (Å²) in [5.41, 5.74) is 20.1. The topological polar surface area (TPSA) is 51.6 Å². The quantitative estimate of drug-likeness (QED) is 0.179. The van der Waals surface area contributed by atoms with Crippen LogP contribution in [0.1, 0.15) is 58.4 Å². The van der Waals surface area contributed by atoms with E-state index in [-0.39, 0.29) is 5.41 Å². The molecule has 1 atom stereocenters. The summed E-state index contributed by atoms with van der Waals surface area (Å²) in [4.78, 5) is 20.0. The molecule has 4 heteroatoms. The summed E-state index contributed by atoms with van der Waals surface area (Å²) < 4.78 is 0. The van der Waals surface area contributed by atoms with Crippen LogP contribution in [-0.2, 0) is 10.8 Å². The maximum atomic E-state index is 5.30. The number of rotatable bonds is 4. The van der Waals surface area contributed by atoms with Crippen LogP contribution < -0.4 is 0 Å². The third kappa shape index (κ3) is 4.97. The summed E-state index contributed by atoms with van der Waals surface area (Å²) in [5, 5.41) is 0. The maximum absolute atomic E-state index is 5.30. The van der Waals surface area contributed by atoms with Gasteiger partial charge in [0.25, 0.3) is 0 Å². The van der Waals surface area contributed by atoms with Crippen molar-refractivity contribution in [1.29, 1.82) is 0 Å². The van der Waals surface area contributed by atoms with E-state index in [4.69, 9.17) is 19.9 Å². The lowest BCUT2D eigenvalue weighted by Gasteiger charge is -2.36. The Hall–Kier alpha value is -7.56. The number of fused-ring (bicyclic) bond motifs is 12. The maximum Gasteiger partial charge on any atom is 0.160 e. The van der Waals surface area contributed by atoms with Crippen LogP contribution in [0.5, 0.6) is 0 Å². The molecule has 0 saturated carbocycles. The predicted octanol–water partition coefficient (Wildman–Crippen LogP) is 13.1. The van der Waals surface area contributed by atoms with Crippen molar-refractivity contribution in [2.75, 3.05) is 0 Å². The third-order valence-electron chi connectivity index (χ3n) is 13.0. The first-order valence-corrected chi connectivity index (χ1v) is 20.6. The van der Waals surface area contributed by atoms with E-state index < -0.39 is 5.41 Å². The molecule has 0 amide bonds. The number of benzene rings is 7. The van der Waals surface area contributed by atoms with Crippen molar-refractivity contribution in [3.05, 3.63) is 227 Å². The molecule has 2 aromatic heterocycles. The summed E-state index contributed by atoms with van der Waals surface area (Å²) in [5.74, 6) is 1.33. The highest BCUT2D eigenvalue weighted by atomic mass is 14.9. The van der Waals surface area contributed by atoms with E-state index >= 15 is 0 Å². The van der Waals surface area contributed by atoms with Gasteiger partial charge in [-0.2, -0.15) is 0 Å². The second-order valence-corrected chi connectivity index (χ2v) is 16.6. The number of aromatic nitrogens is 4. The second-order valence-electron chi connectivity index (χ2n) is 16.6. The van der Waals surface area contributed by atoms with Crippen LogP contribution in [0.25, 0.3) is 79.7 Å². The zero-order valence-electron chi connectivity index (χ0n) is 33.3. The van der Waals surface area contributed by atoms with Crippen LogP contribution in [0.2, 0.25) is 0 Å². The fourth-order valence-electron chi connectivity index (χ4n) is 10.2. The molecule has 0 radical (unpaired) electrons. The van der Waals surface area contributed by atoms with Gasteiger partial charge in [-0.25, -0.2) is 19.9 Å². The Morgan fingerprint density at radius 3 is 1.60 bits per heavy atom.